The Labute approximate surface area is 156 Å². The van der Waals surface area contributed by atoms with Gasteiger partial charge in [-0.25, -0.2) is 4.98 Å². The van der Waals surface area contributed by atoms with E-state index in [9.17, 15) is 10.1 Å². The van der Waals surface area contributed by atoms with Crippen LogP contribution >= 0.6 is 23.2 Å². The highest BCUT2D eigenvalue weighted by molar-refractivity contribution is 6.36. The van der Waals surface area contributed by atoms with Crippen LogP contribution in [0.5, 0.6) is 0 Å². The predicted octanol–water partition coefficient (Wildman–Crippen LogP) is 5.95. The minimum Gasteiger partial charge on any atom is -0.377 e. The molecule has 0 fully saturated rings. The zero-order chi connectivity index (χ0) is 18.6. The number of aryl methyl sites for hydroxylation is 1. The summed E-state index contributed by atoms with van der Waals surface area (Å²) in [5, 5.41) is 18.7. The number of anilines is 3. The number of nitrogens with one attached hydrogen (secondary N) is 2. The lowest BCUT2D eigenvalue weighted by Gasteiger charge is -2.18. The molecular formula is C17H20Cl2N4O2. The molecule has 2 aromatic rings. The molecule has 0 aliphatic rings. The first kappa shape index (κ1) is 19.3. The van der Waals surface area contributed by atoms with E-state index in [4.69, 9.17) is 23.2 Å². The van der Waals surface area contributed by atoms with Gasteiger partial charge in [-0.3, -0.25) is 10.1 Å². The monoisotopic (exact) mass is 382 g/mol. The third kappa shape index (κ3) is 4.74. The normalized spacial score (nSPS) is 10.8. The first-order chi connectivity index (χ1) is 11.8. The van der Waals surface area contributed by atoms with E-state index in [0.717, 1.165) is 12.8 Å². The molecule has 0 aliphatic carbocycles. The van der Waals surface area contributed by atoms with Crippen LogP contribution in [0.4, 0.5) is 22.9 Å². The first-order valence-electron chi connectivity index (χ1n) is 8.00. The molecule has 1 heterocycles. The van der Waals surface area contributed by atoms with Gasteiger partial charge >= 0.3 is 5.69 Å². The van der Waals surface area contributed by atoms with Crippen LogP contribution < -0.4 is 10.6 Å². The van der Waals surface area contributed by atoms with E-state index in [0.29, 0.717) is 27.1 Å². The highest BCUT2D eigenvalue weighted by Gasteiger charge is 2.24. The molecule has 0 unspecified atom stereocenters. The number of aromatic nitrogens is 1. The van der Waals surface area contributed by atoms with E-state index in [1.165, 1.54) is 0 Å². The SMILES string of the molecule is CCC(CC)Nc1cc(C)nc(Nc2ccc(Cl)cc2Cl)c1[N+](=O)[O-]. The fraction of sp³-hybridized carbons (Fsp3) is 0.353. The Morgan fingerprint density at radius 2 is 1.88 bits per heavy atom. The van der Waals surface area contributed by atoms with Crippen LogP contribution in [0, 0.1) is 17.0 Å². The highest BCUT2D eigenvalue weighted by Crippen LogP contribution is 2.36. The van der Waals surface area contributed by atoms with Gasteiger partial charge in [0.1, 0.15) is 5.69 Å². The maximum atomic E-state index is 11.7. The van der Waals surface area contributed by atoms with Gasteiger partial charge in [0.25, 0.3) is 0 Å². The summed E-state index contributed by atoms with van der Waals surface area (Å²) in [5.74, 6) is 0.141. The summed E-state index contributed by atoms with van der Waals surface area (Å²) in [6, 6.07) is 6.71. The van der Waals surface area contributed by atoms with E-state index in [2.05, 4.69) is 15.6 Å². The molecule has 0 bridgehead atoms. The standard InChI is InChI=1S/C17H20Cl2N4O2/c1-4-12(5-2)21-15-8-10(3)20-17(16(15)23(24)25)22-14-7-6-11(18)9-13(14)19/h6-9,12H,4-5H2,1-3H3,(H2,20,21,22). The number of rotatable bonds is 7. The van der Waals surface area contributed by atoms with Crippen LogP contribution in [0.15, 0.2) is 24.3 Å². The van der Waals surface area contributed by atoms with Gasteiger partial charge in [-0.05, 0) is 44.0 Å². The summed E-state index contributed by atoms with van der Waals surface area (Å²) < 4.78 is 0. The number of nitrogens with zero attached hydrogens (tertiary/aromatic N) is 2. The topological polar surface area (TPSA) is 80.1 Å². The summed E-state index contributed by atoms with van der Waals surface area (Å²) in [4.78, 5) is 15.5. The van der Waals surface area contributed by atoms with E-state index in [-0.39, 0.29) is 17.5 Å². The summed E-state index contributed by atoms with van der Waals surface area (Å²) >= 11 is 12.1. The lowest BCUT2D eigenvalue weighted by Crippen LogP contribution is -2.18. The van der Waals surface area contributed by atoms with Crippen molar-refractivity contribution in [3.8, 4) is 0 Å². The second-order valence-electron chi connectivity index (χ2n) is 5.67. The fourth-order valence-electron chi connectivity index (χ4n) is 2.48. The van der Waals surface area contributed by atoms with Crippen molar-refractivity contribution in [2.24, 2.45) is 0 Å². The lowest BCUT2D eigenvalue weighted by atomic mass is 10.1. The van der Waals surface area contributed by atoms with Crippen molar-refractivity contribution in [2.45, 2.75) is 39.7 Å². The number of benzene rings is 1. The van der Waals surface area contributed by atoms with Crippen molar-refractivity contribution >= 4 is 46.1 Å². The summed E-state index contributed by atoms with van der Waals surface area (Å²) in [6.45, 7) is 5.86. The highest BCUT2D eigenvalue weighted by atomic mass is 35.5. The van der Waals surface area contributed by atoms with Gasteiger partial charge in [0, 0.05) is 16.8 Å². The molecule has 8 heteroatoms. The molecule has 0 saturated carbocycles. The molecule has 2 N–H and O–H groups in total. The van der Waals surface area contributed by atoms with Gasteiger partial charge in [-0.15, -0.1) is 0 Å². The minimum atomic E-state index is -0.441. The van der Waals surface area contributed by atoms with Crippen molar-refractivity contribution in [1.29, 1.82) is 0 Å². The third-order valence-corrected chi connectivity index (χ3v) is 4.38. The Kier molecular flexibility index (Phi) is 6.45. The Hall–Kier alpha value is -2.05. The van der Waals surface area contributed by atoms with Crippen molar-refractivity contribution in [2.75, 3.05) is 10.6 Å². The number of halogens is 2. The van der Waals surface area contributed by atoms with Gasteiger partial charge < -0.3 is 10.6 Å². The lowest BCUT2D eigenvalue weighted by molar-refractivity contribution is -0.383. The molecule has 1 aromatic carbocycles. The molecule has 0 atom stereocenters. The van der Waals surface area contributed by atoms with Gasteiger partial charge in [0.05, 0.1) is 15.6 Å². The smallest absolute Gasteiger partial charge is 0.334 e. The Morgan fingerprint density at radius 3 is 2.44 bits per heavy atom. The van der Waals surface area contributed by atoms with E-state index >= 15 is 0 Å². The van der Waals surface area contributed by atoms with Crippen LogP contribution in [0.2, 0.25) is 10.0 Å². The maximum Gasteiger partial charge on any atom is 0.334 e. The van der Waals surface area contributed by atoms with Gasteiger partial charge in [-0.1, -0.05) is 37.0 Å². The average molecular weight is 383 g/mol. The van der Waals surface area contributed by atoms with Crippen LogP contribution in [-0.2, 0) is 0 Å². The first-order valence-corrected chi connectivity index (χ1v) is 8.75. The molecule has 1 aromatic heterocycles. The predicted molar refractivity (Wildman–Crippen MR) is 103 cm³/mol. The van der Waals surface area contributed by atoms with Gasteiger partial charge in [0.15, 0.2) is 0 Å². The molecule has 0 aliphatic heterocycles. The quantitative estimate of drug-likeness (QED) is 0.456. The van der Waals surface area contributed by atoms with E-state index in [1.54, 1.807) is 31.2 Å². The third-order valence-electron chi connectivity index (χ3n) is 3.83. The number of nitro groups is 1. The Balaban J connectivity index is 2.49. The number of pyridine rings is 1. The largest absolute Gasteiger partial charge is 0.377 e. The van der Waals surface area contributed by atoms with Crippen LogP contribution in [0.1, 0.15) is 32.4 Å². The molecule has 0 amide bonds. The maximum absolute atomic E-state index is 11.7. The number of hydrogen-bond acceptors (Lipinski definition) is 5. The molecular weight excluding hydrogens is 363 g/mol. The van der Waals surface area contributed by atoms with Crippen molar-refractivity contribution in [3.05, 3.63) is 50.1 Å². The van der Waals surface area contributed by atoms with Gasteiger partial charge in [-0.2, -0.15) is 0 Å². The van der Waals surface area contributed by atoms with Crippen molar-refractivity contribution in [1.82, 2.24) is 4.98 Å². The summed E-state index contributed by atoms with van der Waals surface area (Å²) in [5.41, 5.74) is 1.50. The fourth-order valence-corrected chi connectivity index (χ4v) is 2.94. The molecule has 0 spiro atoms. The molecule has 134 valence electrons. The summed E-state index contributed by atoms with van der Waals surface area (Å²) in [6.07, 6.45) is 1.72. The molecule has 2 rings (SSSR count). The molecule has 6 nitrogen and oxygen atoms in total. The zero-order valence-corrected chi connectivity index (χ0v) is 15.8. The number of hydrogen-bond donors (Lipinski definition) is 2. The average Bonchev–Trinajstić information content (AvgIpc) is 2.54. The minimum absolute atomic E-state index is 0.108. The molecule has 0 radical (unpaired) electrons. The van der Waals surface area contributed by atoms with Crippen LogP contribution in [0.3, 0.4) is 0 Å². The van der Waals surface area contributed by atoms with Gasteiger partial charge in [0.2, 0.25) is 5.82 Å². The Bertz CT molecular complexity index is 779. The van der Waals surface area contributed by atoms with Crippen LogP contribution in [0.25, 0.3) is 0 Å². The Morgan fingerprint density at radius 1 is 1.20 bits per heavy atom. The van der Waals surface area contributed by atoms with E-state index in [1.807, 2.05) is 13.8 Å². The van der Waals surface area contributed by atoms with Crippen molar-refractivity contribution < 1.29 is 4.92 Å². The second-order valence-corrected chi connectivity index (χ2v) is 6.52. The van der Waals surface area contributed by atoms with Crippen molar-refractivity contribution in [3.63, 3.8) is 0 Å². The molecule has 25 heavy (non-hydrogen) atoms. The van der Waals surface area contributed by atoms with E-state index < -0.39 is 4.92 Å². The second kappa shape index (κ2) is 8.36. The van der Waals surface area contributed by atoms with Crippen LogP contribution in [-0.4, -0.2) is 15.9 Å². The summed E-state index contributed by atoms with van der Waals surface area (Å²) in [7, 11) is 0. The zero-order valence-electron chi connectivity index (χ0n) is 14.3. The molecule has 0 saturated heterocycles.